The molecule has 0 saturated carbocycles. The first-order valence-electron chi connectivity index (χ1n) is 6.51. The monoisotopic (exact) mass is 326 g/mol. The molecule has 1 aromatic heterocycles. The van der Waals surface area contributed by atoms with E-state index in [4.69, 9.17) is 4.84 Å². The van der Waals surface area contributed by atoms with Crippen LogP contribution in [0.3, 0.4) is 0 Å². The normalized spacial score (nSPS) is 12.9. The summed E-state index contributed by atoms with van der Waals surface area (Å²) in [6.45, 7) is -0.117. The quantitative estimate of drug-likeness (QED) is 0.419. The molecule has 0 bridgehead atoms. The van der Waals surface area contributed by atoms with Crippen LogP contribution in [0.5, 0.6) is 11.8 Å². The number of nitrogens with one attached hydrogen (secondary N) is 1. The minimum Gasteiger partial charge on any atom is -0.492 e. The molecule has 4 N–H and O–H groups in total. The number of aromatic hydroxyl groups is 2. The van der Waals surface area contributed by atoms with E-state index < -0.39 is 18.4 Å². The Bertz CT molecular complexity index is 470. The topological polar surface area (TPSA) is 104 Å². The molecule has 0 fully saturated rings. The number of carbonyl (C=O) groups is 1. The van der Waals surface area contributed by atoms with Gasteiger partial charge in [0.25, 0.3) is 0 Å². The highest BCUT2D eigenvalue weighted by atomic mass is 19.4. The summed E-state index contributed by atoms with van der Waals surface area (Å²) < 4.78 is 36.3. The summed E-state index contributed by atoms with van der Waals surface area (Å²) in [5.74, 6) is -2.74. The first-order valence-corrected chi connectivity index (χ1v) is 6.51. The third kappa shape index (κ3) is 5.72. The fourth-order valence-electron chi connectivity index (χ4n) is 1.61. The van der Waals surface area contributed by atoms with Crippen LogP contribution in [0.2, 0.25) is 0 Å². The van der Waals surface area contributed by atoms with E-state index in [1.54, 1.807) is 5.32 Å². The van der Waals surface area contributed by atoms with Crippen molar-refractivity contribution >= 4 is 5.91 Å². The fourth-order valence-corrected chi connectivity index (χ4v) is 1.61. The van der Waals surface area contributed by atoms with Crippen LogP contribution in [-0.2, 0) is 4.79 Å². The van der Waals surface area contributed by atoms with Crippen molar-refractivity contribution in [1.82, 2.24) is 10.0 Å². The van der Waals surface area contributed by atoms with E-state index in [2.05, 4.69) is 0 Å². The lowest BCUT2D eigenvalue weighted by atomic mass is 10.2. The number of amides is 1. The number of hydrogen-bond donors (Lipinski definition) is 4. The number of hydrogen-bond acceptors (Lipinski definition) is 5. The number of rotatable bonds is 8. The van der Waals surface area contributed by atoms with Crippen molar-refractivity contribution in [3.8, 4) is 11.8 Å². The molecule has 7 nitrogen and oxygen atoms in total. The van der Waals surface area contributed by atoms with Gasteiger partial charge in [0.15, 0.2) is 0 Å². The number of alkyl halides is 3. The zero-order valence-corrected chi connectivity index (χ0v) is 11.5. The van der Waals surface area contributed by atoms with E-state index in [-0.39, 0.29) is 24.7 Å². The minimum atomic E-state index is -4.88. The van der Waals surface area contributed by atoms with Crippen molar-refractivity contribution in [3.63, 3.8) is 0 Å². The number of unbranched alkanes of at least 4 members (excludes halogenated alkanes) is 2. The van der Waals surface area contributed by atoms with E-state index in [0.717, 1.165) is 0 Å². The van der Waals surface area contributed by atoms with Gasteiger partial charge in [-0.25, -0.2) is 0 Å². The second kappa shape index (κ2) is 7.78. The summed E-state index contributed by atoms with van der Waals surface area (Å²) in [4.78, 5) is 15.4. The molecule has 0 aliphatic heterocycles. The molecule has 0 aromatic carbocycles. The summed E-state index contributed by atoms with van der Waals surface area (Å²) in [5, 5.41) is 29.8. The number of carbonyl (C=O) groups excluding carboxylic acids is 1. The molecule has 22 heavy (non-hydrogen) atoms. The summed E-state index contributed by atoms with van der Waals surface area (Å²) in [7, 11) is 0. The van der Waals surface area contributed by atoms with E-state index >= 15 is 0 Å². The zero-order chi connectivity index (χ0) is 16.8. The van der Waals surface area contributed by atoms with Gasteiger partial charge in [0.1, 0.15) is 0 Å². The van der Waals surface area contributed by atoms with Crippen molar-refractivity contribution in [3.05, 3.63) is 12.1 Å². The third-order valence-electron chi connectivity index (χ3n) is 2.70. The Morgan fingerprint density at radius 1 is 1.23 bits per heavy atom. The van der Waals surface area contributed by atoms with Crippen LogP contribution in [0.4, 0.5) is 13.2 Å². The number of nitrogens with zero attached hydrogens (tertiary/aromatic N) is 1. The van der Waals surface area contributed by atoms with Crippen molar-refractivity contribution in [2.45, 2.75) is 38.1 Å². The number of halogens is 3. The summed E-state index contributed by atoms with van der Waals surface area (Å²) in [5.41, 5.74) is 0. The fraction of sp³-hybridized carbons (Fsp3) is 0.583. The van der Waals surface area contributed by atoms with Gasteiger partial charge in [-0.3, -0.25) is 4.79 Å². The Kier molecular flexibility index (Phi) is 6.35. The van der Waals surface area contributed by atoms with E-state index in [0.29, 0.717) is 24.0 Å². The van der Waals surface area contributed by atoms with Gasteiger partial charge in [-0.2, -0.15) is 13.2 Å². The lowest BCUT2D eigenvalue weighted by Crippen LogP contribution is -2.37. The van der Waals surface area contributed by atoms with Gasteiger partial charge in [-0.1, -0.05) is 6.42 Å². The molecule has 126 valence electrons. The highest BCUT2D eigenvalue weighted by Gasteiger charge is 2.38. The molecule has 1 atom stereocenters. The molecule has 0 aliphatic rings. The predicted molar refractivity (Wildman–Crippen MR) is 67.9 cm³/mol. The van der Waals surface area contributed by atoms with Gasteiger partial charge >= 0.3 is 12.1 Å². The average molecular weight is 326 g/mol. The highest BCUT2D eigenvalue weighted by Crippen LogP contribution is 2.19. The van der Waals surface area contributed by atoms with Crippen LogP contribution in [0.1, 0.15) is 25.7 Å². The Labute approximate surface area is 123 Å². The van der Waals surface area contributed by atoms with Crippen molar-refractivity contribution in [1.29, 1.82) is 0 Å². The lowest BCUT2D eigenvalue weighted by Gasteiger charge is -2.14. The first kappa shape index (κ1) is 18.0. The predicted octanol–water partition coefficient (Wildman–Crippen LogP) is 0.885. The largest absolute Gasteiger partial charge is 0.492 e. The molecule has 1 aromatic rings. The Morgan fingerprint density at radius 2 is 1.82 bits per heavy atom. The maximum absolute atomic E-state index is 11.9. The molecular weight excluding hydrogens is 309 g/mol. The Morgan fingerprint density at radius 3 is 2.36 bits per heavy atom. The summed E-state index contributed by atoms with van der Waals surface area (Å²) >= 11 is 0. The number of aliphatic hydroxyl groups excluding tert-OH is 1. The molecule has 0 saturated heterocycles. The van der Waals surface area contributed by atoms with Crippen molar-refractivity contribution in [2.75, 3.05) is 6.54 Å². The van der Waals surface area contributed by atoms with Crippen LogP contribution in [-0.4, -0.2) is 45.0 Å². The van der Waals surface area contributed by atoms with Gasteiger partial charge in [0.05, 0.1) is 0 Å². The van der Waals surface area contributed by atoms with Gasteiger partial charge in [0, 0.05) is 25.1 Å². The van der Waals surface area contributed by atoms with E-state index in [9.17, 15) is 33.3 Å². The molecule has 1 rings (SSSR count). The standard InChI is InChI=1S/C12H17F3N2O5/c13-12(14,15)11(21)16-7-3-1-2-4-10(20)22-17-8(18)5-6-9(17)19/h5-6,10,18-20H,1-4,7H2,(H,16,21). The molecule has 0 aliphatic carbocycles. The molecule has 1 heterocycles. The van der Waals surface area contributed by atoms with Crippen molar-refractivity contribution < 1.29 is 38.1 Å². The summed E-state index contributed by atoms with van der Waals surface area (Å²) in [6, 6.07) is 2.34. The molecular formula is C12H17F3N2O5. The minimum absolute atomic E-state index is 0.117. The van der Waals surface area contributed by atoms with E-state index in [1.807, 2.05) is 0 Å². The first-order chi connectivity index (χ1) is 10.2. The molecule has 0 radical (unpaired) electrons. The SMILES string of the molecule is O=C(NCCCCCC(O)On1c(O)ccc1O)C(F)(F)F. The van der Waals surface area contributed by atoms with Crippen molar-refractivity contribution in [2.24, 2.45) is 0 Å². The smallest absolute Gasteiger partial charge is 0.471 e. The van der Waals surface area contributed by atoms with Gasteiger partial charge in [0.2, 0.25) is 18.1 Å². The van der Waals surface area contributed by atoms with Gasteiger partial charge < -0.3 is 25.5 Å². The highest BCUT2D eigenvalue weighted by molar-refractivity contribution is 5.81. The Balaban J connectivity index is 2.13. The number of aliphatic hydroxyl groups is 1. The van der Waals surface area contributed by atoms with E-state index in [1.165, 1.54) is 12.1 Å². The second-order valence-corrected chi connectivity index (χ2v) is 4.51. The lowest BCUT2D eigenvalue weighted by molar-refractivity contribution is -0.173. The van der Waals surface area contributed by atoms with Gasteiger partial charge in [-0.15, -0.1) is 4.73 Å². The molecule has 0 spiro atoms. The Hall–Kier alpha value is -2.10. The van der Waals surface area contributed by atoms with Gasteiger partial charge in [-0.05, 0) is 12.8 Å². The van der Waals surface area contributed by atoms with Crippen LogP contribution in [0.25, 0.3) is 0 Å². The summed E-state index contributed by atoms with van der Waals surface area (Å²) in [6.07, 6.45) is -4.84. The molecule has 1 unspecified atom stereocenters. The maximum Gasteiger partial charge on any atom is 0.471 e. The molecule has 1 amide bonds. The van der Waals surface area contributed by atoms with Crippen LogP contribution in [0.15, 0.2) is 12.1 Å². The van der Waals surface area contributed by atoms with Crippen LogP contribution in [0, 0.1) is 0 Å². The second-order valence-electron chi connectivity index (χ2n) is 4.51. The van der Waals surface area contributed by atoms with Crippen LogP contribution >= 0.6 is 0 Å². The maximum atomic E-state index is 11.9. The number of aromatic nitrogens is 1. The molecule has 10 heteroatoms. The third-order valence-corrected chi connectivity index (χ3v) is 2.70. The zero-order valence-electron chi connectivity index (χ0n) is 11.5. The van der Waals surface area contributed by atoms with Crippen LogP contribution < -0.4 is 10.2 Å². The average Bonchev–Trinajstić information content (AvgIpc) is 2.73.